The molecule has 0 heterocycles. The van der Waals surface area contributed by atoms with Gasteiger partial charge in [-0.05, 0) is 0 Å². The zero-order valence-electron chi connectivity index (χ0n) is 8.89. The van der Waals surface area contributed by atoms with Crippen molar-refractivity contribution in [3.8, 4) is 0 Å². The normalized spacial score (nSPS) is 4.38. The standard InChI is InChI=1S/C6H10.10V/c1-3-5-6-4-2;;;;;;;;;;/h3,5H2,1-2H3;;;;;;;;;;. The van der Waals surface area contributed by atoms with Crippen LogP contribution in [0.15, 0.2) is 0 Å². The molecule has 0 aromatic heterocycles. The quantitative estimate of drug-likeness (QED) is 0.464. The fourth-order valence-corrected chi connectivity index (χ4v) is 0.941. The Hall–Kier alpha value is 5.58. The number of rotatable bonds is 3. The summed E-state index contributed by atoms with van der Waals surface area (Å²) in [6, 6.07) is 0. The third-order valence-electron chi connectivity index (χ3n) is 0.904. The molecule has 10 heteroatoms. The predicted molar refractivity (Wildman–Crippen MR) is 30.6 cm³/mol. The van der Waals surface area contributed by atoms with Crippen molar-refractivity contribution in [2.75, 3.05) is 0 Å². The van der Waals surface area contributed by atoms with Gasteiger partial charge in [0.1, 0.15) is 0 Å². The van der Waals surface area contributed by atoms with Crippen molar-refractivity contribution < 1.29 is 175 Å². The maximum atomic E-state index is 2.62. The SMILES string of the molecule is CCC[C](=[V])[C](C)=[V].[V].[V].[V].[V].[V].[V].[V]=[V]. The van der Waals surface area contributed by atoms with Crippen molar-refractivity contribution in [3.63, 3.8) is 0 Å². The van der Waals surface area contributed by atoms with Crippen LogP contribution in [0.5, 0.6) is 0 Å². The maximum absolute atomic E-state index is 2.62. The molecule has 6 radical (unpaired) electrons. The summed E-state index contributed by atoms with van der Waals surface area (Å²) in [5.74, 6) is 0. The Morgan fingerprint density at radius 3 is 1.12 bits per heavy atom. The van der Waals surface area contributed by atoms with Crippen LogP contribution in [0, 0.1) is 0 Å². The second-order valence-electron chi connectivity index (χ2n) is 1.78. The Morgan fingerprint density at radius 1 is 0.812 bits per heavy atom. The molecule has 0 saturated heterocycles. The summed E-state index contributed by atoms with van der Waals surface area (Å²) in [6.45, 7) is 4.33. The molecule has 84 valence electrons. The average Bonchev–Trinajstić information content (AvgIpc) is 1.93. The first-order valence-electron chi connectivity index (χ1n) is 2.96. The van der Waals surface area contributed by atoms with Crippen LogP contribution in [0.3, 0.4) is 0 Å². The number of hydrogen-bond acceptors (Lipinski definition) is 0. The molecule has 0 rings (SSSR count). The minimum absolute atomic E-state index is 0. The fraction of sp³-hybridized carbons (Fsp3) is 0.667. The van der Waals surface area contributed by atoms with Crippen molar-refractivity contribution in [1.82, 2.24) is 0 Å². The Labute approximate surface area is 205 Å². The summed E-state index contributed by atoms with van der Waals surface area (Å²) in [6.07, 6.45) is 2.47. The molecule has 0 aromatic carbocycles. The summed E-state index contributed by atoms with van der Waals surface area (Å²) in [5, 5.41) is 0. The molecule has 0 fully saturated rings. The van der Waals surface area contributed by atoms with Gasteiger partial charge in [-0.3, -0.25) is 0 Å². The molecule has 16 heavy (non-hydrogen) atoms. The van der Waals surface area contributed by atoms with Crippen LogP contribution in [0.2, 0.25) is 0 Å². The van der Waals surface area contributed by atoms with Crippen LogP contribution in [0.1, 0.15) is 26.7 Å². The molecule has 0 bridgehead atoms. The molecule has 0 nitrogen and oxygen atoms in total. The molecule has 0 spiro atoms. The zero-order chi connectivity index (χ0) is 8.57. The van der Waals surface area contributed by atoms with Crippen molar-refractivity contribution in [2.24, 2.45) is 0 Å². The van der Waals surface area contributed by atoms with Crippen LogP contribution in [-0.4, -0.2) is 8.45 Å². The second-order valence-corrected chi connectivity index (χ2v) is 3.67. The third kappa shape index (κ3) is 42.7. The Kier molecular flexibility index (Phi) is 133. The molecule has 0 aliphatic rings. The van der Waals surface area contributed by atoms with E-state index in [2.05, 4.69) is 77.1 Å². The van der Waals surface area contributed by atoms with Gasteiger partial charge in [0.25, 0.3) is 0 Å². The monoisotopic (exact) mass is 592 g/mol. The molecule has 0 amide bonds. The van der Waals surface area contributed by atoms with E-state index in [0.29, 0.717) is 0 Å². The van der Waals surface area contributed by atoms with Gasteiger partial charge in [-0.1, -0.05) is 0 Å². The molecule has 0 saturated carbocycles. The van der Waals surface area contributed by atoms with Gasteiger partial charge < -0.3 is 0 Å². The van der Waals surface area contributed by atoms with E-state index in [1.165, 1.54) is 21.3 Å². The summed E-state index contributed by atoms with van der Waals surface area (Å²) >= 11 is 9.69. The Morgan fingerprint density at radius 2 is 1.06 bits per heavy atom. The first-order valence-corrected chi connectivity index (χ1v) is 7.55. The van der Waals surface area contributed by atoms with Crippen LogP contribution in [0.25, 0.3) is 0 Å². The molecule has 0 atom stereocenters. The van der Waals surface area contributed by atoms with Crippen molar-refractivity contribution in [3.05, 3.63) is 0 Å². The van der Waals surface area contributed by atoms with Gasteiger partial charge >= 0.3 is 98.4 Å². The third-order valence-corrected chi connectivity index (χ3v) is 2.65. The minimum atomic E-state index is 0. The van der Waals surface area contributed by atoms with E-state index in [-0.39, 0.29) is 111 Å². The van der Waals surface area contributed by atoms with Gasteiger partial charge in [-0.2, -0.15) is 0 Å². The zero-order valence-corrected chi connectivity index (χ0v) is 22.9. The summed E-state index contributed by atoms with van der Waals surface area (Å²) in [7, 11) is 0. The first kappa shape index (κ1) is 49.6. The van der Waals surface area contributed by atoms with Crippen LogP contribution >= 0.6 is 0 Å². The molecule has 0 unspecified atom stereocenters. The van der Waals surface area contributed by atoms with E-state index in [4.69, 9.17) is 0 Å². The van der Waals surface area contributed by atoms with E-state index in [1.54, 1.807) is 0 Å². The average molecular weight is 592 g/mol. The van der Waals surface area contributed by atoms with E-state index in [1.807, 2.05) is 0 Å². The fourth-order valence-electron chi connectivity index (χ4n) is 0.418. The van der Waals surface area contributed by atoms with Crippen LogP contribution in [-0.2, 0) is 175 Å². The van der Waals surface area contributed by atoms with E-state index < -0.39 is 0 Å². The molecule has 0 aliphatic carbocycles. The van der Waals surface area contributed by atoms with Gasteiger partial charge in [-0.25, -0.2) is 0 Å². The van der Waals surface area contributed by atoms with Gasteiger partial charge in [0.2, 0.25) is 0 Å². The predicted octanol–water partition coefficient (Wildman–Crippen LogP) is 1.22. The number of hydrogen-bond donors (Lipinski definition) is 0. The summed E-state index contributed by atoms with van der Waals surface area (Å²) < 4.78 is 2.85. The Bertz CT molecular complexity index is 124. The van der Waals surface area contributed by atoms with E-state index in [0.717, 1.165) is 0 Å². The van der Waals surface area contributed by atoms with Gasteiger partial charge in [0, 0.05) is 111 Å². The summed E-state index contributed by atoms with van der Waals surface area (Å²) in [4.78, 5) is 0. The van der Waals surface area contributed by atoms with Gasteiger partial charge in [0.05, 0.1) is 0 Å². The topological polar surface area (TPSA) is 0 Å². The molecule has 0 N–H and O–H groups in total. The van der Waals surface area contributed by atoms with E-state index in [9.17, 15) is 0 Å². The van der Waals surface area contributed by atoms with Crippen LogP contribution in [0.4, 0.5) is 0 Å². The van der Waals surface area contributed by atoms with E-state index >= 15 is 0 Å². The molecule has 0 aliphatic heterocycles. The molecular formula is C6H10V10. The van der Waals surface area contributed by atoms with Crippen LogP contribution < -0.4 is 0 Å². The first-order chi connectivity index (χ1) is 4.68. The second kappa shape index (κ2) is 42.8. The summed E-state index contributed by atoms with van der Waals surface area (Å²) in [5.41, 5.74) is 0. The Balaban J connectivity index is -0.0000000126. The van der Waals surface area contributed by atoms with Crippen molar-refractivity contribution in [1.29, 1.82) is 0 Å². The van der Waals surface area contributed by atoms with Crippen molar-refractivity contribution in [2.45, 2.75) is 26.7 Å². The van der Waals surface area contributed by atoms with Crippen molar-refractivity contribution >= 4 is 8.45 Å². The molecule has 0 aromatic rings. The molecular weight excluding hydrogens is 582 g/mol. The van der Waals surface area contributed by atoms with Gasteiger partial charge in [-0.15, -0.1) is 0 Å². The van der Waals surface area contributed by atoms with Gasteiger partial charge in [0.15, 0.2) is 0 Å².